The van der Waals surface area contributed by atoms with Gasteiger partial charge in [0.05, 0.1) is 11.3 Å². The van der Waals surface area contributed by atoms with Crippen LogP contribution in [0.15, 0.2) is 24.3 Å². The Bertz CT molecular complexity index is 555. The lowest BCUT2D eigenvalue weighted by atomic mass is 10.0. The van der Waals surface area contributed by atoms with Crippen LogP contribution in [0.5, 0.6) is 0 Å². The maximum absolute atomic E-state index is 12.2. The second kappa shape index (κ2) is 6.34. The Balaban J connectivity index is 2.05. The molecule has 7 nitrogen and oxygen atoms in total. The average molecular weight is 292 g/mol. The molecule has 1 fully saturated rings. The molecule has 1 atom stereocenters. The molecule has 2 rings (SSSR count). The van der Waals surface area contributed by atoms with Crippen molar-refractivity contribution in [3.63, 3.8) is 0 Å². The first-order chi connectivity index (χ1) is 9.99. The van der Waals surface area contributed by atoms with Crippen LogP contribution in [0.4, 0.5) is 5.69 Å². The maximum Gasteiger partial charge on any atom is 0.326 e. The number of benzene rings is 1. The van der Waals surface area contributed by atoms with Crippen LogP contribution in [0.2, 0.25) is 0 Å². The summed E-state index contributed by atoms with van der Waals surface area (Å²) in [7, 11) is 0. The number of amides is 1. The predicted octanol–water partition coefficient (Wildman–Crippen LogP) is 1.60. The van der Waals surface area contributed by atoms with Crippen molar-refractivity contribution in [3.05, 3.63) is 39.9 Å². The van der Waals surface area contributed by atoms with Crippen molar-refractivity contribution >= 4 is 17.6 Å². The molecule has 7 heteroatoms. The van der Waals surface area contributed by atoms with Crippen molar-refractivity contribution < 1.29 is 19.6 Å². The SMILES string of the molecule is O=C(O)[C@H]1CCCCN1C(=O)Cc1ccc([N+](=O)[O-])cc1. The van der Waals surface area contributed by atoms with E-state index in [4.69, 9.17) is 5.11 Å². The van der Waals surface area contributed by atoms with Gasteiger partial charge in [-0.2, -0.15) is 0 Å². The average Bonchev–Trinajstić information content (AvgIpc) is 2.47. The number of nitro groups is 1. The number of aliphatic carboxylic acids is 1. The summed E-state index contributed by atoms with van der Waals surface area (Å²) in [4.78, 5) is 34.9. The Morgan fingerprint density at radius 3 is 2.52 bits per heavy atom. The normalized spacial score (nSPS) is 18.3. The van der Waals surface area contributed by atoms with Gasteiger partial charge in [0.1, 0.15) is 6.04 Å². The van der Waals surface area contributed by atoms with Crippen LogP contribution in [0.25, 0.3) is 0 Å². The summed E-state index contributed by atoms with van der Waals surface area (Å²) in [5, 5.41) is 19.7. The van der Waals surface area contributed by atoms with Gasteiger partial charge in [-0.05, 0) is 24.8 Å². The van der Waals surface area contributed by atoms with Crippen molar-refractivity contribution in [1.82, 2.24) is 4.90 Å². The third-order valence-electron chi connectivity index (χ3n) is 3.61. The monoisotopic (exact) mass is 292 g/mol. The molecule has 0 spiro atoms. The first-order valence-corrected chi connectivity index (χ1v) is 6.74. The van der Waals surface area contributed by atoms with Gasteiger partial charge < -0.3 is 10.0 Å². The number of nitrogens with zero attached hydrogens (tertiary/aromatic N) is 2. The zero-order valence-electron chi connectivity index (χ0n) is 11.4. The fourth-order valence-corrected chi connectivity index (χ4v) is 2.50. The number of carbonyl (C=O) groups is 2. The topological polar surface area (TPSA) is 101 Å². The van der Waals surface area contributed by atoms with E-state index < -0.39 is 16.9 Å². The summed E-state index contributed by atoms with van der Waals surface area (Å²) in [6.45, 7) is 0.447. The summed E-state index contributed by atoms with van der Waals surface area (Å²) in [5.41, 5.74) is 0.605. The summed E-state index contributed by atoms with van der Waals surface area (Å²) in [6.07, 6.45) is 2.14. The summed E-state index contributed by atoms with van der Waals surface area (Å²) >= 11 is 0. The molecule has 1 saturated heterocycles. The van der Waals surface area contributed by atoms with E-state index in [0.717, 1.165) is 12.8 Å². The molecule has 1 aromatic carbocycles. The zero-order chi connectivity index (χ0) is 15.4. The van der Waals surface area contributed by atoms with E-state index in [-0.39, 0.29) is 18.0 Å². The molecule has 1 aliphatic rings. The Labute approximate surface area is 121 Å². The summed E-state index contributed by atoms with van der Waals surface area (Å²) in [6, 6.07) is 4.97. The van der Waals surface area contributed by atoms with Crippen molar-refractivity contribution in [2.45, 2.75) is 31.7 Å². The van der Waals surface area contributed by atoms with Crippen LogP contribution >= 0.6 is 0 Å². The quantitative estimate of drug-likeness (QED) is 0.671. The van der Waals surface area contributed by atoms with Gasteiger partial charge in [-0.15, -0.1) is 0 Å². The number of hydrogen-bond acceptors (Lipinski definition) is 4. The predicted molar refractivity (Wildman–Crippen MR) is 73.8 cm³/mol. The lowest BCUT2D eigenvalue weighted by molar-refractivity contribution is -0.384. The highest BCUT2D eigenvalue weighted by atomic mass is 16.6. The number of non-ortho nitro benzene ring substituents is 1. The van der Waals surface area contributed by atoms with Gasteiger partial charge in [0.2, 0.25) is 5.91 Å². The number of nitro benzene ring substituents is 1. The third kappa shape index (κ3) is 3.56. The summed E-state index contributed by atoms with van der Waals surface area (Å²) in [5.74, 6) is -1.23. The van der Waals surface area contributed by atoms with Gasteiger partial charge in [-0.25, -0.2) is 4.79 Å². The largest absolute Gasteiger partial charge is 0.480 e. The molecule has 0 unspecified atom stereocenters. The smallest absolute Gasteiger partial charge is 0.326 e. The molecule has 1 aromatic rings. The molecule has 1 amide bonds. The highest BCUT2D eigenvalue weighted by molar-refractivity contribution is 5.85. The first-order valence-electron chi connectivity index (χ1n) is 6.74. The Morgan fingerprint density at radius 1 is 1.29 bits per heavy atom. The van der Waals surface area contributed by atoms with Crippen molar-refractivity contribution in [3.8, 4) is 0 Å². The van der Waals surface area contributed by atoms with Gasteiger partial charge >= 0.3 is 5.97 Å². The van der Waals surface area contributed by atoms with Gasteiger partial charge in [-0.3, -0.25) is 14.9 Å². The lowest BCUT2D eigenvalue weighted by Gasteiger charge is -2.33. The molecule has 1 N–H and O–H groups in total. The Kier molecular flexibility index (Phi) is 4.52. The molecule has 0 aromatic heterocycles. The van der Waals surface area contributed by atoms with Gasteiger partial charge in [-0.1, -0.05) is 12.1 Å². The van der Waals surface area contributed by atoms with Crippen molar-refractivity contribution in [2.75, 3.05) is 6.54 Å². The number of carboxylic acids is 1. The lowest BCUT2D eigenvalue weighted by Crippen LogP contribution is -2.48. The number of likely N-dealkylation sites (tertiary alicyclic amines) is 1. The van der Waals surface area contributed by atoms with E-state index in [0.29, 0.717) is 18.5 Å². The third-order valence-corrected chi connectivity index (χ3v) is 3.61. The number of carbonyl (C=O) groups excluding carboxylic acids is 1. The number of piperidine rings is 1. The van der Waals surface area contributed by atoms with Crippen LogP contribution in [0.1, 0.15) is 24.8 Å². The van der Waals surface area contributed by atoms with E-state index in [1.165, 1.54) is 29.2 Å². The molecule has 112 valence electrons. The molecule has 1 heterocycles. The van der Waals surface area contributed by atoms with Gasteiger partial charge in [0.25, 0.3) is 5.69 Å². The highest BCUT2D eigenvalue weighted by Gasteiger charge is 2.31. The van der Waals surface area contributed by atoms with E-state index in [9.17, 15) is 19.7 Å². The van der Waals surface area contributed by atoms with Crippen LogP contribution in [-0.4, -0.2) is 39.4 Å². The second-order valence-corrected chi connectivity index (χ2v) is 5.04. The standard InChI is InChI=1S/C14H16N2O5/c17-13(15-8-2-1-3-12(15)14(18)19)9-10-4-6-11(7-5-10)16(20)21/h4-7,12H,1-3,8-9H2,(H,18,19)/t12-/m1/s1. The molecule has 21 heavy (non-hydrogen) atoms. The zero-order valence-corrected chi connectivity index (χ0v) is 11.4. The minimum absolute atomic E-state index is 0.0346. The van der Waals surface area contributed by atoms with Crippen LogP contribution < -0.4 is 0 Å². The fourth-order valence-electron chi connectivity index (χ4n) is 2.50. The molecule has 0 radical (unpaired) electrons. The first kappa shape index (κ1) is 15.0. The molecule has 0 bridgehead atoms. The molecular weight excluding hydrogens is 276 g/mol. The molecule has 0 saturated carbocycles. The second-order valence-electron chi connectivity index (χ2n) is 5.04. The minimum atomic E-state index is -0.980. The Morgan fingerprint density at radius 2 is 1.95 bits per heavy atom. The number of rotatable bonds is 4. The number of carboxylic acid groups (broad SMARTS) is 1. The summed E-state index contributed by atoms with van der Waals surface area (Å²) < 4.78 is 0. The molecule has 1 aliphatic heterocycles. The van der Waals surface area contributed by atoms with Crippen LogP contribution in [-0.2, 0) is 16.0 Å². The highest BCUT2D eigenvalue weighted by Crippen LogP contribution is 2.19. The van der Waals surface area contributed by atoms with E-state index in [2.05, 4.69) is 0 Å². The fraction of sp³-hybridized carbons (Fsp3) is 0.429. The van der Waals surface area contributed by atoms with Crippen LogP contribution in [0.3, 0.4) is 0 Å². The van der Waals surface area contributed by atoms with Crippen molar-refractivity contribution in [2.24, 2.45) is 0 Å². The minimum Gasteiger partial charge on any atom is -0.480 e. The molecule has 0 aliphatic carbocycles. The Hall–Kier alpha value is -2.44. The van der Waals surface area contributed by atoms with Gasteiger partial charge in [0.15, 0.2) is 0 Å². The van der Waals surface area contributed by atoms with E-state index in [1.807, 2.05) is 0 Å². The van der Waals surface area contributed by atoms with E-state index in [1.54, 1.807) is 0 Å². The van der Waals surface area contributed by atoms with Crippen molar-refractivity contribution in [1.29, 1.82) is 0 Å². The van der Waals surface area contributed by atoms with Crippen LogP contribution in [0, 0.1) is 10.1 Å². The van der Waals surface area contributed by atoms with E-state index >= 15 is 0 Å². The maximum atomic E-state index is 12.2. The molecular formula is C14H16N2O5. The number of hydrogen-bond donors (Lipinski definition) is 1. The van der Waals surface area contributed by atoms with Gasteiger partial charge in [0, 0.05) is 18.7 Å².